The van der Waals surface area contributed by atoms with E-state index in [-0.39, 0.29) is 11.7 Å². The Morgan fingerprint density at radius 3 is 1.71 bits per heavy atom. The maximum atomic E-state index is 11.8. The molecule has 0 aliphatic rings. The molecule has 0 aliphatic carbocycles. The maximum absolute atomic E-state index is 11.8. The summed E-state index contributed by atoms with van der Waals surface area (Å²) in [6.07, 6.45) is 0. The lowest BCUT2D eigenvalue weighted by Gasteiger charge is -2.01. The quantitative estimate of drug-likeness (QED) is 0.181. The smallest absolute Gasteiger partial charge is 0.309 e. The third-order valence-electron chi connectivity index (χ3n) is 3.36. The van der Waals surface area contributed by atoms with Gasteiger partial charge in [-0.15, -0.1) is 5.43 Å². The highest BCUT2D eigenvalue weighted by atomic mass is 16.8. The highest BCUT2D eigenvalue weighted by Gasteiger charge is 2.06. The largest absolute Gasteiger partial charge is 0.472 e. The standard InChI is InChI=1S/C13H10O.C7H9N5O2/c14-13(11-7-3-1-4-8-11)12-9-5-2-6-10-12;8-7(10-11-12(13)14)9-6-4-2-1-3-5-6/h1-10H;1-5H,(H3,8,9,10)(H,11,13,14). The fourth-order valence-electron chi connectivity index (χ4n) is 2.13. The van der Waals surface area contributed by atoms with E-state index >= 15 is 0 Å². The molecule has 0 spiro atoms. The summed E-state index contributed by atoms with van der Waals surface area (Å²) in [7, 11) is 0. The number of ketones is 1. The molecule has 8 heteroatoms. The van der Waals surface area contributed by atoms with Crippen molar-refractivity contribution in [2.24, 2.45) is 5.22 Å². The first-order valence-electron chi connectivity index (χ1n) is 8.24. The summed E-state index contributed by atoms with van der Waals surface area (Å²) in [5.41, 5.74) is 4.14. The van der Waals surface area contributed by atoms with E-state index in [9.17, 15) is 10.0 Å². The van der Waals surface area contributed by atoms with Crippen molar-refractivity contribution in [3.8, 4) is 0 Å². The molecule has 0 bridgehead atoms. The number of carbonyl (C=O) groups excluding carboxylic acids is 1. The minimum absolute atomic E-state index is 0.0752. The lowest BCUT2D eigenvalue weighted by atomic mass is 10.0. The zero-order valence-electron chi connectivity index (χ0n) is 14.8. The molecule has 0 heterocycles. The van der Waals surface area contributed by atoms with Crippen LogP contribution < -0.4 is 10.7 Å². The second kappa shape index (κ2) is 10.7. The molecule has 4 N–H and O–H groups in total. The molecule has 8 nitrogen and oxygen atoms in total. The molecule has 0 saturated carbocycles. The van der Waals surface area contributed by atoms with E-state index in [2.05, 4.69) is 10.5 Å². The number of carbonyl (C=O) groups is 1. The van der Waals surface area contributed by atoms with Crippen molar-refractivity contribution in [1.82, 2.24) is 5.43 Å². The van der Waals surface area contributed by atoms with Crippen LogP contribution in [0.4, 0.5) is 5.69 Å². The van der Waals surface area contributed by atoms with Crippen molar-refractivity contribution in [3.63, 3.8) is 0 Å². The van der Waals surface area contributed by atoms with E-state index in [4.69, 9.17) is 10.6 Å². The average Bonchev–Trinajstić information content (AvgIpc) is 2.74. The van der Waals surface area contributed by atoms with Gasteiger partial charge in [-0.2, -0.15) is 0 Å². The number of hydrogen-bond acceptors (Lipinski definition) is 4. The molecule has 0 aromatic heterocycles. The number of guanidine groups is 1. The molecule has 0 aliphatic heterocycles. The van der Waals surface area contributed by atoms with Crippen LogP contribution >= 0.6 is 0 Å². The number of anilines is 1. The summed E-state index contributed by atoms with van der Waals surface area (Å²) >= 11 is 0. The van der Waals surface area contributed by atoms with Crippen LogP contribution in [0.2, 0.25) is 0 Å². The maximum Gasteiger partial charge on any atom is 0.309 e. The van der Waals surface area contributed by atoms with Crippen molar-refractivity contribution in [3.05, 3.63) is 107 Å². The second-order valence-electron chi connectivity index (χ2n) is 5.39. The summed E-state index contributed by atoms with van der Waals surface area (Å²) in [4.78, 5) is 11.8. The molecule has 0 amide bonds. The number of rotatable bonds is 4. The average molecular weight is 377 g/mol. The molecular formula is C20H19N5O3. The van der Waals surface area contributed by atoms with Crippen molar-refractivity contribution < 1.29 is 15.0 Å². The van der Waals surface area contributed by atoms with Crippen molar-refractivity contribution in [1.29, 1.82) is 5.41 Å². The Labute approximate surface area is 161 Å². The first kappa shape index (κ1) is 20.1. The number of nitrogens with one attached hydrogen (secondary N) is 3. The van der Waals surface area contributed by atoms with Gasteiger partial charge in [-0.3, -0.25) is 4.79 Å². The van der Waals surface area contributed by atoms with Gasteiger partial charge in [0.1, 0.15) is 5.22 Å². The predicted molar refractivity (Wildman–Crippen MR) is 105 cm³/mol. The normalized spacial score (nSPS) is 10.2. The van der Waals surface area contributed by atoms with Crippen LogP contribution in [-0.4, -0.2) is 22.0 Å². The molecule has 0 fully saturated rings. The summed E-state index contributed by atoms with van der Waals surface area (Å²) in [6.45, 7) is 0. The lowest BCUT2D eigenvalue weighted by molar-refractivity contribution is -0.779. The third-order valence-corrected chi connectivity index (χ3v) is 3.36. The van der Waals surface area contributed by atoms with E-state index in [1.807, 2.05) is 72.2 Å². The summed E-state index contributed by atoms with van der Waals surface area (Å²) < 4.78 is 0. The van der Waals surface area contributed by atoms with Crippen molar-refractivity contribution in [2.75, 3.05) is 5.32 Å². The van der Waals surface area contributed by atoms with Crippen LogP contribution in [0, 0.1) is 10.6 Å². The SMILES string of the molecule is N=C(NN=[N+]([O-])O)Nc1ccccc1.O=C(c1ccccc1)c1ccccc1. The van der Waals surface area contributed by atoms with Crippen LogP contribution in [0.15, 0.2) is 96.2 Å². The molecule has 142 valence electrons. The summed E-state index contributed by atoms with van der Waals surface area (Å²) in [5, 5.41) is 30.0. The number of benzene rings is 3. The first-order chi connectivity index (χ1) is 13.6. The molecule has 3 rings (SSSR count). The van der Waals surface area contributed by atoms with Crippen LogP contribution in [0.5, 0.6) is 0 Å². The minimum atomic E-state index is -0.665. The van der Waals surface area contributed by atoms with Gasteiger partial charge in [0, 0.05) is 16.8 Å². The fourth-order valence-corrected chi connectivity index (χ4v) is 2.13. The van der Waals surface area contributed by atoms with Gasteiger partial charge in [0.2, 0.25) is 0 Å². The Bertz CT molecular complexity index is 871. The van der Waals surface area contributed by atoms with E-state index in [0.29, 0.717) is 5.69 Å². The topological polar surface area (TPSA) is 124 Å². The van der Waals surface area contributed by atoms with Gasteiger partial charge < -0.3 is 15.7 Å². The molecule has 0 atom stereocenters. The van der Waals surface area contributed by atoms with E-state index in [1.54, 1.807) is 24.3 Å². The van der Waals surface area contributed by atoms with Gasteiger partial charge in [-0.05, 0) is 12.1 Å². The van der Waals surface area contributed by atoms with E-state index in [0.717, 1.165) is 11.1 Å². The second-order valence-corrected chi connectivity index (χ2v) is 5.39. The van der Waals surface area contributed by atoms with Crippen LogP contribution in [-0.2, 0) is 0 Å². The number of nitrogens with zero attached hydrogens (tertiary/aromatic N) is 2. The molecule has 0 unspecified atom stereocenters. The zero-order chi connectivity index (χ0) is 20.2. The van der Waals surface area contributed by atoms with Crippen molar-refractivity contribution in [2.45, 2.75) is 0 Å². The molecule has 3 aromatic rings. The Kier molecular flexibility index (Phi) is 7.70. The molecule has 0 radical (unpaired) electrons. The Balaban J connectivity index is 0.000000200. The Morgan fingerprint density at radius 2 is 1.29 bits per heavy atom. The zero-order valence-corrected chi connectivity index (χ0v) is 14.8. The first-order valence-corrected chi connectivity index (χ1v) is 8.24. The van der Waals surface area contributed by atoms with Crippen LogP contribution in [0.1, 0.15) is 15.9 Å². The third kappa shape index (κ3) is 6.96. The van der Waals surface area contributed by atoms with Gasteiger partial charge in [-0.25, -0.2) is 5.41 Å². The van der Waals surface area contributed by atoms with Crippen LogP contribution in [0.3, 0.4) is 0 Å². The van der Waals surface area contributed by atoms with Crippen LogP contribution in [0.25, 0.3) is 0 Å². The number of para-hydroxylation sites is 1. The number of hydrogen-bond donors (Lipinski definition) is 4. The summed E-state index contributed by atoms with van der Waals surface area (Å²) in [6, 6.07) is 27.5. The summed E-state index contributed by atoms with van der Waals surface area (Å²) in [5.74, 6) is -0.141. The fraction of sp³-hybridized carbons (Fsp3) is 0. The molecular weight excluding hydrogens is 358 g/mol. The van der Waals surface area contributed by atoms with Gasteiger partial charge in [0.25, 0.3) is 0 Å². The predicted octanol–water partition coefficient (Wildman–Crippen LogP) is 3.81. The monoisotopic (exact) mass is 377 g/mol. The minimum Gasteiger partial charge on any atom is -0.472 e. The highest BCUT2D eigenvalue weighted by molar-refractivity contribution is 6.08. The van der Waals surface area contributed by atoms with Gasteiger partial charge in [0.15, 0.2) is 5.78 Å². The Hall–Kier alpha value is -4.20. The van der Waals surface area contributed by atoms with Gasteiger partial charge in [-0.1, -0.05) is 78.9 Å². The van der Waals surface area contributed by atoms with Crippen molar-refractivity contribution >= 4 is 17.4 Å². The van der Waals surface area contributed by atoms with E-state index < -0.39 is 5.02 Å². The van der Waals surface area contributed by atoms with Gasteiger partial charge >= 0.3 is 5.96 Å². The molecule has 3 aromatic carbocycles. The van der Waals surface area contributed by atoms with Gasteiger partial charge in [0.05, 0.1) is 5.02 Å². The molecule has 0 saturated heterocycles. The highest BCUT2D eigenvalue weighted by Crippen LogP contribution is 2.08. The van der Waals surface area contributed by atoms with E-state index in [1.165, 1.54) is 0 Å². The lowest BCUT2D eigenvalue weighted by Crippen LogP contribution is -2.26. The Morgan fingerprint density at radius 1 is 0.857 bits per heavy atom. The molecule has 28 heavy (non-hydrogen) atoms.